The van der Waals surface area contributed by atoms with Crippen molar-refractivity contribution in [3.05, 3.63) is 0 Å². The lowest BCUT2D eigenvalue weighted by Gasteiger charge is -2.26. The van der Waals surface area contributed by atoms with Crippen molar-refractivity contribution < 1.29 is 14.7 Å². The van der Waals surface area contributed by atoms with E-state index in [9.17, 15) is 9.59 Å². The fraction of sp³-hybridized carbons (Fsp3) is 0.882. The van der Waals surface area contributed by atoms with Gasteiger partial charge in [0.05, 0.1) is 6.54 Å². The van der Waals surface area contributed by atoms with E-state index < -0.39 is 5.97 Å². The topological polar surface area (TPSA) is 60.9 Å². The number of hydrogen-bond donors (Lipinski definition) is 1. The maximum absolute atomic E-state index is 12.4. The van der Waals surface area contributed by atoms with Crippen LogP contribution in [0.2, 0.25) is 0 Å². The normalized spacial score (nSPS) is 21.0. The number of likely N-dealkylation sites (N-methyl/N-ethyl adjacent to an activating group) is 1. The molecule has 1 aliphatic rings. The summed E-state index contributed by atoms with van der Waals surface area (Å²) in [7, 11) is 1.86. The van der Waals surface area contributed by atoms with Crippen LogP contribution in [0.3, 0.4) is 0 Å². The van der Waals surface area contributed by atoms with Crippen molar-refractivity contribution in [3.8, 4) is 0 Å². The molecule has 2 unspecified atom stereocenters. The van der Waals surface area contributed by atoms with Gasteiger partial charge in [0, 0.05) is 25.6 Å². The molecule has 2 atom stereocenters. The van der Waals surface area contributed by atoms with Gasteiger partial charge in [-0.2, -0.15) is 0 Å². The second-order valence-corrected chi connectivity index (χ2v) is 7.21. The monoisotopic (exact) mass is 312 g/mol. The zero-order chi connectivity index (χ0) is 16.7. The van der Waals surface area contributed by atoms with Gasteiger partial charge >= 0.3 is 5.97 Å². The summed E-state index contributed by atoms with van der Waals surface area (Å²) in [5.41, 5.74) is 0. The van der Waals surface area contributed by atoms with E-state index in [1.165, 1.54) is 0 Å². The van der Waals surface area contributed by atoms with E-state index in [1.807, 2.05) is 16.8 Å². The van der Waals surface area contributed by atoms with Gasteiger partial charge in [-0.25, -0.2) is 0 Å². The molecule has 5 heteroatoms. The molecular formula is C17H32N2O3. The Hall–Kier alpha value is -1.10. The second-order valence-electron chi connectivity index (χ2n) is 7.21. The largest absolute Gasteiger partial charge is 0.480 e. The highest BCUT2D eigenvalue weighted by Gasteiger charge is 2.24. The minimum Gasteiger partial charge on any atom is -0.480 e. The molecule has 0 aromatic rings. The lowest BCUT2D eigenvalue weighted by molar-refractivity contribution is -0.138. The Morgan fingerprint density at radius 1 is 1.23 bits per heavy atom. The van der Waals surface area contributed by atoms with Gasteiger partial charge in [-0.1, -0.05) is 20.8 Å². The van der Waals surface area contributed by atoms with Crippen LogP contribution < -0.4 is 0 Å². The minimum atomic E-state index is -0.790. The molecule has 5 nitrogen and oxygen atoms in total. The molecule has 1 N–H and O–H groups in total. The highest BCUT2D eigenvalue weighted by Crippen LogP contribution is 2.19. The summed E-state index contributed by atoms with van der Waals surface area (Å²) in [4.78, 5) is 27.1. The molecular weight excluding hydrogens is 280 g/mol. The second kappa shape index (κ2) is 9.13. The van der Waals surface area contributed by atoms with Gasteiger partial charge in [-0.05, 0) is 44.6 Å². The van der Waals surface area contributed by atoms with Crippen molar-refractivity contribution in [1.82, 2.24) is 9.80 Å². The van der Waals surface area contributed by atoms with Crippen LogP contribution in [0.25, 0.3) is 0 Å². The number of carbonyl (C=O) groups is 2. The maximum atomic E-state index is 12.4. The minimum absolute atomic E-state index is 0.0734. The summed E-state index contributed by atoms with van der Waals surface area (Å²) in [6, 6.07) is 0.266. The van der Waals surface area contributed by atoms with Crippen molar-refractivity contribution in [1.29, 1.82) is 0 Å². The van der Waals surface area contributed by atoms with E-state index in [0.29, 0.717) is 18.3 Å². The number of rotatable bonds is 7. The number of carboxylic acid groups (broad SMARTS) is 1. The summed E-state index contributed by atoms with van der Waals surface area (Å²) < 4.78 is 0. The lowest BCUT2D eigenvalue weighted by atomic mass is 9.95. The van der Waals surface area contributed by atoms with Gasteiger partial charge in [-0.15, -0.1) is 0 Å². The van der Waals surface area contributed by atoms with E-state index in [-0.39, 0.29) is 18.5 Å². The zero-order valence-corrected chi connectivity index (χ0v) is 14.5. The highest BCUT2D eigenvalue weighted by molar-refractivity contribution is 5.76. The quantitative estimate of drug-likeness (QED) is 0.784. The molecule has 1 aliphatic heterocycles. The Morgan fingerprint density at radius 2 is 1.91 bits per heavy atom. The molecule has 1 heterocycles. The number of aliphatic carboxylic acids is 1. The fourth-order valence-electron chi connectivity index (χ4n) is 3.43. The molecule has 128 valence electrons. The molecule has 0 spiro atoms. The molecule has 1 fully saturated rings. The van der Waals surface area contributed by atoms with Gasteiger partial charge in [-0.3, -0.25) is 14.5 Å². The lowest BCUT2D eigenvalue weighted by Crippen LogP contribution is -2.37. The molecule has 1 saturated heterocycles. The Kier molecular flexibility index (Phi) is 7.87. The Labute approximate surface area is 134 Å². The first-order valence-corrected chi connectivity index (χ1v) is 8.49. The van der Waals surface area contributed by atoms with Crippen LogP contribution in [0, 0.1) is 11.8 Å². The van der Waals surface area contributed by atoms with Crippen molar-refractivity contribution >= 4 is 11.9 Å². The van der Waals surface area contributed by atoms with Crippen molar-refractivity contribution in [3.63, 3.8) is 0 Å². The van der Waals surface area contributed by atoms with E-state index in [4.69, 9.17) is 5.11 Å². The van der Waals surface area contributed by atoms with Crippen molar-refractivity contribution in [2.75, 3.05) is 26.7 Å². The highest BCUT2D eigenvalue weighted by atomic mass is 16.4. The van der Waals surface area contributed by atoms with Crippen LogP contribution in [-0.4, -0.2) is 59.5 Å². The van der Waals surface area contributed by atoms with E-state index in [2.05, 4.69) is 20.8 Å². The first kappa shape index (κ1) is 18.9. The molecule has 0 bridgehead atoms. The van der Waals surface area contributed by atoms with Crippen LogP contribution in [0.5, 0.6) is 0 Å². The van der Waals surface area contributed by atoms with Crippen LogP contribution in [0.15, 0.2) is 0 Å². The Balaban J connectivity index is 2.45. The average molecular weight is 312 g/mol. The van der Waals surface area contributed by atoms with E-state index >= 15 is 0 Å². The molecule has 1 rings (SSSR count). The summed E-state index contributed by atoms with van der Waals surface area (Å²) in [6.07, 6.45) is 4.51. The molecule has 0 radical (unpaired) electrons. The van der Waals surface area contributed by atoms with Gasteiger partial charge in [0.2, 0.25) is 5.91 Å². The summed E-state index contributed by atoms with van der Waals surface area (Å²) >= 11 is 0. The van der Waals surface area contributed by atoms with E-state index in [1.54, 1.807) is 0 Å². The smallest absolute Gasteiger partial charge is 0.317 e. The molecule has 0 aromatic heterocycles. The van der Waals surface area contributed by atoms with Gasteiger partial charge in [0.25, 0.3) is 0 Å². The standard InChI is InChI=1S/C17H32N2O3/c1-13(2)10-14(3)11-16(20)19-8-5-6-15(7-9-19)18(4)12-17(21)22/h13-15H,5-12H2,1-4H3,(H,21,22). The Morgan fingerprint density at radius 3 is 2.50 bits per heavy atom. The van der Waals surface area contributed by atoms with Gasteiger partial charge in [0.15, 0.2) is 0 Å². The molecule has 22 heavy (non-hydrogen) atoms. The molecule has 0 saturated carbocycles. The average Bonchev–Trinajstić information content (AvgIpc) is 2.62. The van der Waals surface area contributed by atoms with Crippen LogP contribution in [-0.2, 0) is 9.59 Å². The Bertz CT molecular complexity index is 371. The number of nitrogens with zero attached hydrogens (tertiary/aromatic N) is 2. The third-order valence-corrected chi connectivity index (χ3v) is 4.46. The number of likely N-dealkylation sites (tertiary alicyclic amines) is 1. The first-order chi connectivity index (χ1) is 10.3. The van der Waals surface area contributed by atoms with Crippen LogP contribution in [0.1, 0.15) is 52.9 Å². The predicted octanol–water partition coefficient (Wildman–Crippen LogP) is 2.46. The van der Waals surface area contributed by atoms with Crippen LogP contribution in [0.4, 0.5) is 0 Å². The number of carbonyl (C=O) groups excluding carboxylic acids is 1. The summed E-state index contributed by atoms with van der Waals surface area (Å²) in [5.74, 6) is 0.527. The van der Waals surface area contributed by atoms with E-state index in [0.717, 1.165) is 38.8 Å². The van der Waals surface area contributed by atoms with Gasteiger partial charge in [0.1, 0.15) is 0 Å². The molecule has 0 aromatic carbocycles. The predicted molar refractivity (Wildman–Crippen MR) is 87.7 cm³/mol. The first-order valence-electron chi connectivity index (χ1n) is 8.49. The third-order valence-electron chi connectivity index (χ3n) is 4.46. The van der Waals surface area contributed by atoms with Crippen molar-refractivity contribution in [2.45, 2.75) is 58.9 Å². The zero-order valence-electron chi connectivity index (χ0n) is 14.5. The summed E-state index contributed by atoms with van der Waals surface area (Å²) in [5, 5.41) is 8.89. The van der Waals surface area contributed by atoms with Crippen LogP contribution >= 0.6 is 0 Å². The van der Waals surface area contributed by atoms with Gasteiger partial charge < -0.3 is 10.0 Å². The van der Waals surface area contributed by atoms with Crippen molar-refractivity contribution in [2.24, 2.45) is 11.8 Å². The molecule has 1 amide bonds. The number of amides is 1. The maximum Gasteiger partial charge on any atom is 0.317 e. The SMILES string of the molecule is CC(C)CC(C)CC(=O)N1CCCC(N(C)CC(=O)O)CC1. The third kappa shape index (κ3) is 6.77. The summed E-state index contributed by atoms with van der Waals surface area (Å²) in [6.45, 7) is 8.17. The fourth-order valence-corrected chi connectivity index (χ4v) is 3.43. The molecule has 0 aliphatic carbocycles. The number of carboxylic acids is 1. The number of hydrogen-bond acceptors (Lipinski definition) is 3.